The molecule has 28 heavy (non-hydrogen) atoms. The first-order valence-corrected chi connectivity index (χ1v) is 9.36. The van der Waals surface area contributed by atoms with Gasteiger partial charge in [0.05, 0.1) is 6.26 Å². The van der Waals surface area contributed by atoms with E-state index in [1.54, 1.807) is 6.26 Å². The van der Waals surface area contributed by atoms with E-state index in [9.17, 15) is 4.79 Å². The molecule has 0 spiro atoms. The van der Waals surface area contributed by atoms with Gasteiger partial charge >= 0.3 is 6.03 Å². The van der Waals surface area contributed by atoms with E-state index in [4.69, 9.17) is 4.42 Å². The van der Waals surface area contributed by atoms with Crippen LogP contribution in [-0.2, 0) is 0 Å². The molecular weight excluding hydrogens is 354 g/mol. The fraction of sp³-hybridized carbons (Fsp3) is 0.286. The van der Waals surface area contributed by atoms with E-state index in [1.165, 1.54) is 0 Å². The highest BCUT2D eigenvalue weighted by Crippen LogP contribution is 2.20. The molecule has 0 aliphatic carbocycles. The standard InChI is InChI=1S/C21H23N5O2/c1-15-5-6-16(2)18(14-15)22-21(27)26-11-9-25(10-12-26)20-8-7-17(23-24-20)19-4-3-13-28-19/h3-8,13-14H,9-12H2,1-2H3,(H,22,27). The molecule has 144 valence electrons. The summed E-state index contributed by atoms with van der Waals surface area (Å²) in [4.78, 5) is 16.6. The molecule has 7 heteroatoms. The lowest BCUT2D eigenvalue weighted by atomic mass is 10.1. The zero-order chi connectivity index (χ0) is 19.5. The first-order valence-electron chi connectivity index (χ1n) is 9.36. The number of nitrogens with zero attached hydrogens (tertiary/aromatic N) is 4. The third-order valence-corrected chi connectivity index (χ3v) is 4.95. The minimum atomic E-state index is -0.0624. The molecule has 0 atom stereocenters. The van der Waals surface area contributed by atoms with Crippen molar-refractivity contribution in [1.29, 1.82) is 0 Å². The fourth-order valence-electron chi connectivity index (χ4n) is 3.25. The molecule has 1 aromatic carbocycles. The van der Waals surface area contributed by atoms with Gasteiger partial charge in [0.1, 0.15) is 5.69 Å². The Kier molecular flexibility index (Phi) is 4.97. The number of rotatable bonds is 3. The van der Waals surface area contributed by atoms with Gasteiger partial charge in [-0.05, 0) is 55.3 Å². The Morgan fingerprint density at radius 1 is 1.04 bits per heavy atom. The lowest BCUT2D eigenvalue weighted by molar-refractivity contribution is 0.208. The number of benzene rings is 1. The zero-order valence-corrected chi connectivity index (χ0v) is 16.1. The summed E-state index contributed by atoms with van der Waals surface area (Å²) in [6.07, 6.45) is 1.62. The van der Waals surface area contributed by atoms with Gasteiger partial charge in [0, 0.05) is 31.9 Å². The number of nitrogens with one attached hydrogen (secondary N) is 1. The Balaban J connectivity index is 1.35. The lowest BCUT2D eigenvalue weighted by Gasteiger charge is -2.35. The Hall–Kier alpha value is -3.35. The summed E-state index contributed by atoms with van der Waals surface area (Å²) in [5.74, 6) is 1.51. The number of aryl methyl sites for hydroxylation is 2. The van der Waals surface area contributed by atoms with Crippen LogP contribution in [0.1, 0.15) is 11.1 Å². The van der Waals surface area contributed by atoms with E-state index in [-0.39, 0.29) is 6.03 Å². The monoisotopic (exact) mass is 377 g/mol. The Morgan fingerprint density at radius 2 is 1.86 bits per heavy atom. The summed E-state index contributed by atoms with van der Waals surface area (Å²) in [7, 11) is 0. The number of carbonyl (C=O) groups is 1. The van der Waals surface area contributed by atoms with E-state index in [2.05, 4.69) is 20.4 Å². The smallest absolute Gasteiger partial charge is 0.321 e. The normalized spacial score (nSPS) is 14.2. The lowest BCUT2D eigenvalue weighted by Crippen LogP contribution is -2.50. The molecule has 1 aliphatic rings. The van der Waals surface area contributed by atoms with E-state index < -0.39 is 0 Å². The predicted molar refractivity (Wildman–Crippen MR) is 108 cm³/mol. The third kappa shape index (κ3) is 3.83. The molecule has 1 N–H and O–H groups in total. The van der Waals surface area contributed by atoms with Gasteiger partial charge in [-0.25, -0.2) is 4.79 Å². The number of furan rings is 1. The number of urea groups is 1. The molecule has 2 amide bonds. The first kappa shape index (κ1) is 18.0. The number of amides is 2. The summed E-state index contributed by atoms with van der Waals surface area (Å²) in [6.45, 7) is 6.73. The summed E-state index contributed by atoms with van der Waals surface area (Å²) < 4.78 is 5.34. The number of aromatic nitrogens is 2. The average molecular weight is 377 g/mol. The van der Waals surface area contributed by atoms with Crippen LogP contribution in [0.25, 0.3) is 11.5 Å². The third-order valence-electron chi connectivity index (χ3n) is 4.95. The highest BCUT2D eigenvalue weighted by molar-refractivity contribution is 5.90. The van der Waals surface area contributed by atoms with Gasteiger partial charge < -0.3 is 19.5 Å². The highest BCUT2D eigenvalue weighted by Gasteiger charge is 2.22. The second-order valence-corrected chi connectivity index (χ2v) is 6.98. The molecule has 1 aliphatic heterocycles. The number of carbonyl (C=O) groups excluding carboxylic acids is 1. The largest absolute Gasteiger partial charge is 0.463 e. The first-order chi connectivity index (χ1) is 13.6. The highest BCUT2D eigenvalue weighted by atomic mass is 16.3. The SMILES string of the molecule is Cc1ccc(C)c(NC(=O)N2CCN(c3ccc(-c4ccco4)nn3)CC2)c1. The fourth-order valence-corrected chi connectivity index (χ4v) is 3.25. The van der Waals surface area contributed by atoms with Crippen molar-refractivity contribution in [2.75, 3.05) is 36.4 Å². The predicted octanol–water partition coefficient (Wildman–Crippen LogP) is 3.71. The van der Waals surface area contributed by atoms with E-state index >= 15 is 0 Å². The van der Waals surface area contributed by atoms with Crippen molar-refractivity contribution in [3.8, 4) is 11.5 Å². The summed E-state index contributed by atoms with van der Waals surface area (Å²) in [5.41, 5.74) is 3.76. The Labute approximate surface area is 164 Å². The van der Waals surface area contributed by atoms with E-state index in [0.717, 1.165) is 35.7 Å². The Morgan fingerprint density at radius 3 is 2.54 bits per heavy atom. The van der Waals surface area contributed by atoms with Gasteiger partial charge in [0.2, 0.25) is 0 Å². The molecule has 3 aromatic rings. The quantitative estimate of drug-likeness (QED) is 0.753. The molecule has 2 aromatic heterocycles. The van der Waals surface area contributed by atoms with Crippen LogP contribution in [0.3, 0.4) is 0 Å². The summed E-state index contributed by atoms with van der Waals surface area (Å²) >= 11 is 0. The van der Waals surface area contributed by atoms with Crippen molar-refractivity contribution in [1.82, 2.24) is 15.1 Å². The van der Waals surface area contributed by atoms with Crippen LogP contribution in [-0.4, -0.2) is 47.3 Å². The molecule has 0 unspecified atom stereocenters. The van der Waals surface area contributed by atoms with E-state index in [0.29, 0.717) is 24.5 Å². The van der Waals surface area contributed by atoms with Gasteiger partial charge in [-0.2, -0.15) is 0 Å². The second kappa shape index (κ2) is 7.72. The minimum Gasteiger partial charge on any atom is -0.463 e. The Bertz CT molecular complexity index is 945. The van der Waals surface area contributed by atoms with Crippen LogP contribution >= 0.6 is 0 Å². The van der Waals surface area contributed by atoms with Gasteiger partial charge in [-0.3, -0.25) is 0 Å². The molecule has 1 fully saturated rings. The zero-order valence-electron chi connectivity index (χ0n) is 16.1. The van der Waals surface area contributed by atoms with Crippen molar-refractivity contribution < 1.29 is 9.21 Å². The molecular formula is C21H23N5O2. The maximum Gasteiger partial charge on any atom is 0.321 e. The molecule has 0 radical (unpaired) electrons. The summed E-state index contributed by atoms with van der Waals surface area (Å²) in [6, 6.07) is 13.5. The van der Waals surface area contributed by atoms with Crippen LogP contribution in [0.5, 0.6) is 0 Å². The van der Waals surface area contributed by atoms with Crippen LogP contribution < -0.4 is 10.2 Å². The van der Waals surface area contributed by atoms with Crippen LogP contribution in [0.4, 0.5) is 16.3 Å². The maximum absolute atomic E-state index is 12.6. The van der Waals surface area contributed by atoms with Crippen molar-refractivity contribution in [2.45, 2.75) is 13.8 Å². The van der Waals surface area contributed by atoms with Crippen LogP contribution in [0.15, 0.2) is 53.1 Å². The molecule has 1 saturated heterocycles. The number of hydrogen-bond acceptors (Lipinski definition) is 5. The second-order valence-electron chi connectivity index (χ2n) is 6.98. The van der Waals surface area contributed by atoms with Gasteiger partial charge in [-0.15, -0.1) is 10.2 Å². The van der Waals surface area contributed by atoms with Crippen molar-refractivity contribution in [2.24, 2.45) is 0 Å². The van der Waals surface area contributed by atoms with E-state index in [1.807, 2.05) is 61.2 Å². The van der Waals surface area contributed by atoms with Crippen molar-refractivity contribution in [3.63, 3.8) is 0 Å². The molecule has 3 heterocycles. The summed E-state index contributed by atoms with van der Waals surface area (Å²) in [5, 5.41) is 11.6. The molecule has 4 rings (SSSR count). The number of piperazine rings is 1. The molecule has 7 nitrogen and oxygen atoms in total. The minimum absolute atomic E-state index is 0.0624. The molecule has 0 bridgehead atoms. The number of hydrogen-bond donors (Lipinski definition) is 1. The van der Waals surface area contributed by atoms with Crippen molar-refractivity contribution >= 4 is 17.5 Å². The number of anilines is 2. The van der Waals surface area contributed by atoms with Gasteiger partial charge in [-0.1, -0.05) is 12.1 Å². The van der Waals surface area contributed by atoms with Crippen molar-refractivity contribution in [3.05, 3.63) is 59.9 Å². The van der Waals surface area contributed by atoms with Crippen LogP contribution in [0, 0.1) is 13.8 Å². The van der Waals surface area contributed by atoms with Crippen LogP contribution in [0.2, 0.25) is 0 Å². The van der Waals surface area contributed by atoms with Gasteiger partial charge in [0.25, 0.3) is 0 Å². The topological polar surface area (TPSA) is 74.5 Å². The average Bonchev–Trinajstić information content (AvgIpc) is 3.26. The van der Waals surface area contributed by atoms with Gasteiger partial charge in [0.15, 0.2) is 11.6 Å². The molecule has 0 saturated carbocycles. The maximum atomic E-state index is 12.6.